The Bertz CT molecular complexity index is 509. The van der Waals surface area contributed by atoms with Gasteiger partial charge in [0.25, 0.3) is 0 Å². The Morgan fingerprint density at radius 2 is 1.12 bits per heavy atom. The van der Waals surface area contributed by atoms with E-state index < -0.39 is 0 Å². The van der Waals surface area contributed by atoms with Crippen LogP contribution in [0.5, 0.6) is 11.5 Å². The van der Waals surface area contributed by atoms with Crippen molar-refractivity contribution in [3.63, 3.8) is 0 Å². The number of rotatable bonds is 0. The third kappa shape index (κ3) is 1.27. The van der Waals surface area contributed by atoms with E-state index in [1.54, 1.807) is 12.1 Å². The van der Waals surface area contributed by atoms with Crippen LogP contribution in [-0.4, -0.2) is 10.2 Å². The summed E-state index contributed by atoms with van der Waals surface area (Å²) < 4.78 is 0. The summed E-state index contributed by atoms with van der Waals surface area (Å²) >= 11 is 0. The summed E-state index contributed by atoms with van der Waals surface area (Å²) in [5, 5.41) is 19.6. The average Bonchev–Trinajstić information content (AvgIpc) is 2.32. The van der Waals surface area contributed by atoms with E-state index in [-0.39, 0.29) is 11.5 Å². The van der Waals surface area contributed by atoms with Gasteiger partial charge < -0.3 is 10.2 Å². The average molecular weight is 212 g/mol. The lowest BCUT2D eigenvalue weighted by molar-refractivity contribution is 0.449. The summed E-state index contributed by atoms with van der Waals surface area (Å²) in [4.78, 5) is 0. The minimum absolute atomic E-state index is 0.280. The zero-order chi connectivity index (χ0) is 11.1. The predicted octanol–water partition coefficient (Wildman–Crippen LogP) is 2.59. The molecule has 2 nitrogen and oxygen atoms in total. The van der Waals surface area contributed by atoms with Gasteiger partial charge in [-0.2, -0.15) is 0 Å². The molecule has 2 N–H and O–H groups in total. The molecule has 0 aliphatic heterocycles. The topological polar surface area (TPSA) is 40.5 Å². The lowest BCUT2D eigenvalue weighted by atomic mass is 9.85. The number of phenolic OH excluding ortho intramolecular Hbond substituents is 2. The van der Waals surface area contributed by atoms with Crippen LogP contribution in [-0.2, 0) is 12.8 Å². The van der Waals surface area contributed by atoms with Gasteiger partial charge in [0.15, 0.2) is 0 Å². The summed E-state index contributed by atoms with van der Waals surface area (Å²) in [6.07, 6.45) is 1.40. The lowest BCUT2D eigenvalue weighted by Crippen LogP contribution is -2.07. The van der Waals surface area contributed by atoms with Crippen LogP contribution in [0.3, 0.4) is 0 Å². The quantitative estimate of drug-likeness (QED) is 0.562. The molecule has 1 aliphatic carbocycles. The Balaban J connectivity index is 2.19. The fraction of sp³-hybridized carbons (Fsp3) is 0.143. The van der Waals surface area contributed by atoms with Crippen LogP contribution >= 0.6 is 0 Å². The molecule has 2 aromatic carbocycles. The second-order valence-electron chi connectivity index (χ2n) is 4.18. The van der Waals surface area contributed by atoms with Crippen molar-refractivity contribution in [1.82, 2.24) is 0 Å². The van der Waals surface area contributed by atoms with Crippen LogP contribution in [0.2, 0.25) is 0 Å². The molecule has 0 saturated heterocycles. The van der Waals surface area contributed by atoms with E-state index in [1.807, 2.05) is 12.1 Å². The van der Waals surface area contributed by atoms with Crippen molar-refractivity contribution in [3.05, 3.63) is 58.7 Å². The Morgan fingerprint density at radius 1 is 0.688 bits per heavy atom. The largest absolute Gasteiger partial charge is 0.508 e. The number of hydrogen-bond donors (Lipinski definition) is 2. The highest BCUT2D eigenvalue weighted by molar-refractivity contribution is 5.55. The Kier molecular flexibility index (Phi) is 1.90. The Morgan fingerprint density at radius 3 is 1.56 bits per heavy atom. The minimum atomic E-state index is 0.280. The molecule has 0 aromatic heterocycles. The highest BCUT2D eigenvalue weighted by Gasteiger charge is 2.20. The molecule has 1 aliphatic rings. The monoisotopic (exact) mass is 212 g/mol. The molecule has 0 bridgehead atoms. The van der Waals surface area contributed by atoms with Gasteiger partial charge in [-0.1, -0.05) is 24.3 Å². The zero-order valence-corrected chi connectivity index (χ0v) is 8.77. The number of benzene rings is 2. The molecule has 0 spiro atoms. The van der Waals surface area contributed by atoms with Crippen LogP contribution < -0.4 is 0 Å². The molecular weight excluding hydrogens is 200 g/mol. The maximum Gasteiger partial charge on any atom is 0.119 e. The van der Waals surface area contributed by atoms with Crippen molar-refractivity contribution >= 4 is 0 Å². The van der Waals surface area contributed by atoms with Gasteiger partial charge in [-0.15, -0.1) is 0 Å². The zero-order valence-electron chi connectivity index (χ0n) is 8.77. The van der Waals surface area contributed by atoms with Gasteiger partial charge in [0.05, 0.1) is 0 Å². The van der Waals surface area contributed by atoms with Gasteiger partial charge >= 0.3 is 0 Å². The fourth-order valence-electron chi connectivity index (χ4n) is 2.35. The van der Waals surface area contributed by atoms with Gasteiger partial charge in [0.2, 0.25) is 0 Å². The van der Waals surface area contributed by atoms with Crippen LogP contribution in [0, 0.1) is 0 Å². The normalized spacial score (nSPS) is 13.0. The van der Waals surface area contributed by atoms with Crippen molar-refractivity contribution in [2.75, 3.05) is 0 Å². The molecular formula is C14H12O2. The molecule has 3 rings (SSSR count). The maximum absolute atomic E-state index is 9.80. The van der Waals surface area contributed by atoms with E-state index in [2.05, 4.69) is 12.1 Å². The summed E-state index contributed by atoms with van der Waals surface area (Å²) in [5.41, 5.74) is 4.18. The number of hydrogen-bond acceptors (Lipinski definition) is 2. The van der Waals surface area contributed by atoms with Gasteiger partial charge in [0, 0.05) is 24.0 Å². The lowest BCUT2D eigenvalue weighted by Gasteiger charge is -2.21. The first kappa shape index (κ1) is 9.28. The molecule has 2 heteroatoms. The first-order valence-corrected chi connectivity index (χ1v) is 5.35. The van der Waals surface area contributed by atoms with Crippen molar-refractivity contribution in [2.45, 2.75) is 12.8 Å². The van der Waals surface area contributed by atoms with Crippen molar-refractivity contribution in [2.24, 2.45) is 0 Å². The Hall–Kier alpha value is -1.96. The standard InChI is InChI=1S/C14H12O2/c15-13-5-6-14(16)12-8-10-4-2-1-3-9(10)7-11(12)13/h1-6,15-16H,7-8H2. The summed E-state index contributed by atoms with van der Waals surface area (Å²) in [6.45, 7) is 0. The summed E-state index contributed by atoms with van der Waals surface area (Å²) in [7, 11) is 0. The van der Waals surface area contributed by atoms with Crippen LogP contribution in [0.1, 0.15) is 22.3 Å². The highest BCUT2D eigenvalue weighted by atomic mass is 16.3. The number of phenols is 2. The molecule has 80 valence electrons. The third-order valence-electron chi connectivity index (χ3n) is 3.23. The minimum Gasteiger partial charge on any atom is -0.508 e. The van der Waals surface area contributed by atoms with Crippen LogP contribution in [0.25, 0.3) is 0 Å². The van der Waals surface area contributed by atoms with Crippen molar-refractivity contribution in [1.29, 1.82) is 0 Å². The second kappa shape index (κ2) is 3.27. The van der Waals surface area contributed by atoms with E-state index in [0.717, 1.165) is 11.1 Å². The molecule has 0 saturated carbocycles. The van der Waals surface area contributed by atoms with Crippen LogP contribution in [0.4, 0.5) is 0 Å². The predicted molar refractivity (Wildman–Crippen MR) is 61.8 cm³/mol. The van der Waals surface area contributed by atoms with Gasteiger partial charge in [-0.05, 0) is 23.3 Å². The fourth-order valence-corrected chi connectivity index (χ4v) is 2.35. The summed E-state index contributed by atoms with van der Waals surface area (Å²) in [5.74, 6) is 0.560. The molecule has 0 amide bonds. The first-order valence-electron chi connectivity index (χ1n) is 5.35. The maximum atomic E-state index is 9.80. The molecule has 16 heavy (non-hydrogen) atoms. The van der Waals surface area contributed by atoms with E-state index in [0.29, 0.717) is 12.8 Å². The molecule has 0 atom stereocenters. The smallest absolute Gasteiger partial charge is 0.119 e. The van der Waals surface area contributed by atoms with E-state index in [9.17, 15) is 10.2 Å². The number of fused-ring (bicyclic) bond motifs is 2. The van der Waals surface area contributed by atoms with E-state index in [4.69, 9.17) is 0 Å². The van der Waals surface area contributed by atoms with Crippen LogP contribution in [0.15, 0.2) is 36.4 Å². The van der Waals surface area contributed by atoms with E-state index in [1.165, 1.54) is 11.1 Å². The molecule has 2 aromatic rings. The second-order valence-corrected chi connectivity index (χ2v) is 4.18. The van der Waals surface area contributed by atoms with Crippen molar-refractivity contribution < 1.29 is 10.2 Å². The highest BCUT2D eigenvalue weighted by Crippen LogP contribution is 2.37. The molecule has 0 unspecified atom stereocenters. The van der Waals surface area contributed by atoms with Gasteiger partial charge in [-0.3, -0.25) is 0 Å². The summed E-state index contributed by atoms with van der Waals surface area (Å²) in [6, 6.07) is 11.3. The molecule has 0 radical (unpaired) electrons. The number of aromatic hydroxyl groups is 2. The first-order chi connectivity index (χ1) is 7.75. The SMILES string of the molecule is Oc1ccc(O)c2c1Cc1ccccc1C2. The molecule has 0 fully saturated rings. The van der Waals surface area contributed by atoms with Crippen molar-refractivity contribution in [3.8, 4) is 11.5 Å². The Labute approximate surface area is 93.8 Å². The van der Waals surface area contributed by atoms with Gasteiger partial charge in [0.1, 0.15) is 11.5 Å². The third-order valence-corrected chi connectivity index (χ3v) is 3.23. The molecule has 0 heterocycles. The van der Waals surface area contributed by atoms with E-state index >= 15 is 0 Å². The van der Waals surface area contributed by atoms with Gasteiger partial charge in [-0.25, -0.2) is 0 Å².